The van der Waals surface area contributed by atoms with E-state index in [4.69, 9.17) is 14.2 Å². The van der Waals surface area contributed by atoms with Crippen LogP contribution in [0.1, 0.15) is 5.56 Å². The van der Waals surface area contributed by atoms with Crippen molar-refractivity contribution in [2.24, 2.45) is 0 Å². The SMILES string of the molecule is Cc1ccc([N+](=O)[O-])c(OC(=O)[C@@H]2COc3ccccc3O2)c1. The van der Waals surface area contributed by atoms with Gasteiger partial charge in [0.2, 0.25) is 11.9 Å². The summed E-state index contributed by atoms with van der Waals surface area (Å²) in [5, 5.41) is 11.0. The molecule has 3 rings (SSSR count). The minimum Gasteiger partial charge on any atom is -0.485 e. The Bertz CT molecular complexity index is 773. The number of nitrogens with zero attached hydrogens (tertiary/aromatic N) is 1. The maximum atomic E-state index is 12.2. The number of esters is 1. The second kappa shape index (κ2) is 5.96. The van der Waals surface area contributed by atoms with E-state index in [1.54, 1.807) is 37.3 Å². The molecule has 0 bridgehead atoms. The van der Waals surface area contributed by atoms with E-state index >= 15 is 0 Å². The predicted molar refractivity (Wildman–Crippen MR) is 79.8 cm³/mol. The highest BCUT2D eigenvalue weighted by molar-refractivity contribution is 5.79. The van der Waals surface area contributed by atoms with Crippen molar-refractivity contribution in [2.45, 2.75) is 13.0 Å². The Morgan fingerprint density at radius 1 is 1.26 bits per heavy atom. The first-order chi connectivity index (χ1) is 11.0. The van der Waals surface area contributed by atoms with Crippen molar-refractivity contribution >= 4 is 11.7 Å². The van der Waals surface area contributed by atoms with E-state index in [0.717, 1.165) is 5.56 Å². The molecule has 2 aromatic rings. The number of carbonyl (C=O) groups excluding carboxylic acids is 1. The topological polar surface area (TPSA) is 87.9 Å². The molecule has 2 aromatic carbocycles. The summed E-state index contributed by atoms with van der Waals surface area (Å²) >= 11 is 0. The van der Waals surface area contributed by atoms with Crippen LogP contribution in [0.3, 0.4) is 0 Å². The van der Waals surface area contributed by atoms with Gasteiger partial charge in [-0.05, 0) is 30.7 Å². The average Bonchev–Trinajstić information content (AvgIpc) is 2.54. The van der Waals surface area contributed by atoms with Gasteiger partial charge in [-0.15, -0.1) is 0 Å². The molecule has 7 heteroatoms. The van der Waals surface area contributed by atoms with E-state index in [0.29, 0.717) is 11.5 Å². The Morgan fingerprint density at radius 3 is 2.74 bits per heavy atom. The molecule has 0 aliphatic carbocycles. The zero-order chi connectivity index (χ0) is 16.4. The van der Waals surface area contributed by atoms with Crippen LogP contribution >= 0.6 is 0 Å². The molecule has 0 fully saturated rings. The van der Waals surface area contributed by atoms with Crippen LogP contribution < -0.4 is 14.2 Å². The molecule has 7 nitrogen and oxygen atoms in total. The van der Waals surface area contributed by atoms with Gasteiger partial charge in [0, 0.05) is 6.07 Å². The van der Waals surface area contributed by atoms with Crippen molar-refractivity contribution in [1.82, 2.24) is 0 Å². The van der Waals surface area contributed by atoms with Crippen LogP contribution in [0, 0.1) is 17.0 Å². The summed E-state index contributed by atoms with van der Waals surface area (Å²) in [6.45, 7) is 1.73. The third kappa shape index (κ3) is 3.08. The van der Waals surface area contributed by atoms with Gasteiger partial charge in [0.1, 0.15) is 6.61 Å². The van der Waals surface area contributed by atoms with Crippen LogP contribution in [0.4, 0.5) is 5.69 Å². The molecule has 0 radical (unpaired) electrons. The van der Waals surface area contributed by atoms with Gasteiger partial charge in [0.15, 0.2) is 11.5 Å². The molecule has 0 unspecified atom stereocenters. The molecular weight excluding hydrogens is 302 g/mol. The summed E-state index contributed by atoms with van der Waals surface area (Å²) in [6, 6.07) is 11.2. The van der Waals surface area contributed by atoms with Gasteiger partial charge >= 0.3 is 11.7 Å². The van der Waals surface area contributed by atoms with E-state index in [1.165, 1.54) is 12.1 Å². The van der Waals surface area contributed by atoms with Gasteiger partial charge in [0.05, 0.1) is 4.92 Å². The number of hydrogen-bond acceptors (Lipinski definition) is 6. The summed E-state index contributed by atoms with van der Waals surface area (Å²) in [4.78, 5) is 22.6. The Kier molecular flexibility index (Phi) is 3.84. The predicted octanol–water partition coefficient (Wildman–Crippen LogP) is 2.65. The number of carbonyl (C=O) groups is 1. The van der Waals surface area contributed by atoms with Crippen LogP contribution in [0.25, 0.3) is 0 Å². The number of hydrogen-bond donors (Lipinski definition) is 0. The zero-order valence-corrected chi connectivity index (χ0v) is 12.2. The summed E-state index contributed by atoms with van der Waals surface area (Å²) < 4.78 is 16.1. The summed E-state index contributed by atoms with van der Waals surface area (Å²) in [6.07, 6.45) is -0.981. The number of para-hydroxylation sites is 2. The molecule has 1 heterocycles. The van der Waals surface area contributed by atoms with Gasteiger partial charge in [-0.25, -0.2) is 4.79 Å². The van der Waals surface area contributed by atoms with Crippen molar-refractivity contribution in [2.75, 3.05) is 6.61 Å². The first-order valence-electron chi connectivity index (χ1n) is 6.90. The van der Waals surface area contributed by atoms with E-state index in [-0.39, 0.29) is 18.0 Å². The van der Waals surface area contributed by atoms with Crippen molar-refractivity contribution in [3.8, 4) is 17.2 Å². The van der Waals surface area contributed by atoms with Crippen molar-refractivity contribution in [1.29, 1.82) is 0 Å². The summed E-state index contributed by atoms with van der Waals surface area (Å²) in [5.41, 5.74) is 0.464. The van der Waals surface area contributed by atoms with Crippen molar-refractivity contribution < 1.29 is 23.9 Å². The number of benzene rings is 2. The smallest absolute Gasteiger partial charge is 0.356 e. The molecule has 0 N–H and O–H groups in total. The Morgan fingerprint density at radius 2 is 2.00 bits per heavy atom. The van der Waals surface area contributed by atoms with E-state index in [2.05, 4.69) is 0 Å². The molecular formula is C16H13NO6. The minimum absolute atomic E-state index is 0.0184. The molecule has 0 saturated carbocycles. The molecule has 0 spiro atoms. The first kappa shape index (κ1) is 14.8. The lowest BCUT2D eigenvalue weighted by molar-refractivity contribution is -0.385. The molecule has 0 amide bonds. The fraction of sp³-hybridized carbons (Fsp3) is 0.188. The fourth-order valence-corrected chi connectivity index (χ4v) is 2.16. The number of rotatable bonds is 3. The number of fused-ring (bicyclic) bond motifs is 1. The fourth-order valence-electron chi connectivity index (χ4n) is 2.16. The Labute approximate surface area is 131 Å². The molecule has 118 valence electrons. The lowest BCUT2D eigenvalue weighted by atomic mass is 10.2. The van der Waals surface area contributed by atoms with Crippen LogP contribution in [0.2, 0.25) is 0 Å². The maximum absolute atomic E-state index is 12.2. The van der Waals surface area contributed by atoms with Crippen LogP contribution in [-0.4, -0.2) is 23.6 Å². The van der Waals surface area contributed by atoms with Gasteiger partial charge in [-0.2, -0.15) is 0 Å². The van der Waals surface area contributed by atoms with Gasteiger partial charge < -0.3 is 14.2 Å². The molecule has 0 saturated heterocycles. The van der Waals surface area contributed by atoms with Gasteiger partial charge in [0.25, 0.3) is 0 Å². The standard InChI is InChI=1S/C16H13NO6/c1-10-6-7-11(17(19)20)14(8-10)23-16(18)15-9-21-12-4-2-3-5-13(12)22-15/h2-8,15H,9H2,1H3/t15-/m0/s1. The van der Waals surface area contributed by atoms with Crippen molar-refractivity contribution in [3.05, 3.63) is 58.1 Å². The third-order valence-electron chi connectivity index (χ3n) is 3.29. The second-order valence-electron chi connectivity index (χ2n) is 5.01. The number of aryl methyl sites for hydroxylation is 1. The lowest BCUT2D eigenvalue weighted by Crippen LogP contribution is -2.39. The van der Waals surface area contributed by atoms with Gasteiger partial charge in [-0.1, -0.05) is 18.2 Å². The summed E-state index contributed by atoms with van der Waals surface area (Å²) in [5.74, 6) is 0.119. The highest BCUT2D eigenvalue weighted by Gasteiger charge is 2.30. The van der Waals surface area contributed by atoms with Crippen LogP contribution in [0.5, 0.6) is 17.2 Å². The second-order valence-corrected chi connectivity index (χ2v) is 5.01. The highest BCUT2D eigenvalue weighted by atomic mass is 16.6. The molecule has 1 aliphatic heterocycles. The molecule has 1 aliphatic rings. The monoisotopic (exact) mass is 315 g/mol. The Balaban J connectivity index is 1.78. The van der Waals surface area contributed by atoms with Gasteiger partial charge in [-0.3, -0.25) is 10.1 Å². The van der Waals surface area contributed by atoms with Crippen molar-refractivity contribution in [3.63, 3.8) is 0 Å². The van der Waals surface area contributed by atoms with Crippen LogP contribution in [0.15, 0.2) is 42.5 Å². The zero-order valence-electron chi connectivity index (χ0n) is 12.2. The third-order valence-corrected chi connectivity index (χ3v) is 3.29. The van der Waals surface area contributed by atoms with Crippen LogP contribution in [-0.2, 0) is 4.79 Å². The quantitative estimate of drug-likeness (QED) is 0.374. The highest BCUT2D eigenvalue weighted by Crippen LogP contribution is 2.32. The summed E-state index contributed by atoms with van der Waals surface area (Å²) in [7, 11) is 0. The number of nitro groups is 1. The van der Waals surface area contributed by atoms with E-state index < -0.39 is 17.0 Å². The Hall–Kier alpha value is -3.09. The van der Waals surface area contributed by atoms with E-state index in [1.807, 2.05) is 0 Å². The lowest BCUT2D eigenvalue weighted by Gasteiger charge is -2.24. The van der Waals surface area contributed by atoms with E-state index in [9.17, 15) is 14.9 Å². The molecule has 23 heavy (non-hydrogen) atoms. The maximum Gasteiger partial charge on any atom is 0.356 e. The number of ether oxygens (including phenoxy) is 3. The molecule has 0 aromatic heterocycles. The minimum atomic E-state index is -0.981. The first-order valence-corrected chi connectivity index (χ1v) is 6.90. The average molecular weight is 315 g/mol. The molecule has 1 atom stereocenters. The normalized spacial score (nSPS) is 15.8. The number of nitro benzene ring substituents is 1. The largest absolute Gasteiger partial charge is 0.485 e.